The first-order valence-electron chi connectivity index (χ1n) is 5.02. The maximum absolute atomic E-state index is 5.73. The number of nitrogens with one attached hydrogen (secondary N) is 1. The highest BCUT2D eigenvalue weighted by atomic mass is 14.9. The minimum atomic E-state index is 0.236. The highest BCUT2D eigenvalue weighted by molar-refractivity contribution is 5.49. The van der Waals surface area contributed by atoms with Gasteiger partial charge in [-0.2, -0.15) is 0 Å². The zero-order valence-corrected chi connectivity index (χ0v) is 9.12. The molecule has 0 saturated carbocycles. The molecule has 0 aromatic carbocycles. The van der Waals surface area contributed by atoms with Crippen LogP contribution in [0.25, 0.3) is 0 Å². The minimum absolute atomic E-state index is 0.236. The summed E-state index contributed by atoms with van der Waals surface area (Å²) in [4.78, 5) is 4.05. The molecule has 0 fully saturated rings. The molecule has 2 atom stereocenters. The van der Waals surface area contributed by atoms with E-state index >= 15 is 0 Å². The van der Waals surface area contributed by atoms with Gasteiger partial charge < -0.3 is 11.1 Å². The quantitative estimate of drug-likeness (QED) is 0.768. The number of nitrogens with two attached hydrogens (primary N) is 1. The Labute approximate surface area is 85.7 Å². The Hall–Kier alpha value is -1.09. The van der Waals surface area contributed by atoms with Crippen LogP contribution in [0.1, 0.15) is 25.8 Å². The summed E-state index contributed by atoms with van der Waals surface area (Å²) in [5.74, 6) is 0. The van der Waals surface area contributed by atoms with Crippen molar-refractivity contribution in [1.82, 2.24) is 4.98 Å². The Kier molecular flexibility index (Phi) is 3.89. The van der Waals surface area contributed by atoms with Crippen LogP contribution in [0.4, 0.5) is 5.69 Å². The first-order valence-corrected chi connectivity index (χ1v) is 5.02. The van der Waals surface area contributed by atoms with Crippen molar-refractivity contribution in [3.05, 3.63) is 24.0 Å². The van der Waals surface area contributed by atoms with Crippen LogP contribution in [0.3, 0.4) is 0 Å². The smallest absolute Gasteiger partial charge is 0.0402 e. The van der Waals surface area contributed by atoms with Gasteiger partial charge in [0.25, 0.3) is 0 Å². The molecule has 0 radical (unpaired) electrons. The molecule has 2 unspecified atom stereocenters. The number of nitrogens with zero attached hydrogens (tertiary/aromatic N) is 1. The summed E-state index contributed by atoms with van der Waals surface area (Å²) in [6.07, 6.45) is 4.64. The third-order valence-corrected chi connectivity index (χ3v) is 2.15. The van der Waals surface area contributed by atoms with Gasteiger partial charge in [0.2, 0.25) is 0 Å². The van der Waals surface area contributed by atoms with Gasteiger partial charge in [-0.3, -0.25) is 4.98 Å². The van der Waals surface area contributed by atoms with Crippen LogP contribution in [0.2, 0.25) is 0 Å². The van der Waals surface area contributed by atoms with Gasteiger partial charge in [0.15, 0.2) is 0 Å². The van der Waals surface area contributed by atoms with Crippen molar-refractivity contribution in [2.75, 3.05) is 5.32 Å². The average molecular weight is 193 g/mol. The monoisotopic (exact) mass is 193 g/mol. The molecule has 0 saturated heterocycles. The number of hydrogen-bond donors (Lipinski definition) is 2. The zero-order chi connectivity index (χ0) is 10.6. The van der Waals surface area contributed by atoms with Crippen molar-refractivity contribution in [2.24, 2.45) is 5.73 Å². The van der Waals surface area contributed by atoms with Crippen molar-refractivity contribution in [3.63, 3.8) is 0 Å². The molecule has 3 nitrogen and oxygen atoms in total. The summed E-state index contributed by atoms with van der Waals surface area (Å²) in [6, 6.07) is 2.63. The van der Waals surface area contributed by atoms with E-state index in [1.807, 2.05) is 26.1 Å². The highest BCUT2D eigenvalue weighted by Crippen LogP contribution is 2.14. The molecule has 0 spiro atoms. The Balaban J connectivity index is 2.56. The molecule has 0 amide bonds. The second kappa shape index (κ2) is 4.96. The van der Waals surface area contributed by atoms with Gasteiger partial charge in [-0.25, -0.2) is 0 Å². The predicted molar refractivity (Wildman–Crippen MR) is 60.3 cm³/mol. The molecule has 0 aliphatic heterocycles. The number of rotatable bonds is 4. The van der Waals surface area contributed by atoms with E-state index in [1.54, 1.807) is 6.20 Å². The van der Waals surface area contributed by atoms with E-state index in [1.165, 1.54) is 5.56 Å². The van der Waals surface area contributed by atoms with Gasteiger partial charge in [0.1, 0.15) is 0 Å². The molecule has 1 rings (SSSR count). The molecule has 0 aliphatic carbocycles. The topological polar surface area (TPSA) is 50.9 Å². The molecule has 1 aromatic rings. The lowest BCUT2D eigenvalue weighted by Crippen LogP contribution is -2.26. The number of hydrogen-bond acceptors (Lipinski definition) is 3. The SMILES string of the molecule is Cc1cnccc1NC(C)CC(C)N. The van der Waals surface area contributed by atoms with Crippen LogP contribution in [-0.2, 0) is 0 Å². The van der Waals surface area contributed by atoms with Crippen molar-refractivity contribution < 1.29 is 0 Å². The largest absolute Gasteiger partial charge is 0.382 e. The van der Waals surface area contributed by atoms with E-state index in [9.17, 15) is 0 Å². The zero-order valence-electron chi connectivity index (χ0n) is 9.12. The van der Waals surface area contributed by atoms with Crippen molar-refractivity contribution in [1.29, 1.82) is 0 Å². The number of aromatic nitrogens is 1. The Morgan fingerprint density at radius 2 is 2.21 bits per heavy atom. The van der Waals surface area contributed by atoms with E-state index in [4.69, 9.17) is 5.73 Å². The molecule has 3 heteroatoms. The maximum Gasteiger partial charge on any atom is 0.0402 e. The van der Waals surface area contributed by atoms with Crippen LogP contribution in [0.5, 0.6) is 0 Å². The van der Waals surface area contributed by atoms with E-state index in [-0.39, 0.29) is 6.04 Å². The summed E-state index contributed by atoms with van der Waals surface area (Å²) in [5, 5.41) is 3.42. The summed E-state index contributed by atoms with van der Waals surface area (Å²) in [6.45, 7) is 6.22. The molecular weight excluding hydrogens is 174 g/mol. The molecule has 1 aromatic heterocycles. The van der Waals surface area contributed by atoms with Gasteiger partial charge in [-0.05, 0) is 38.8 Å². The predicted octanol–water partition coefficient (Wildman–Crippen LogP) is 1.93. The van der Waals surface area contributed by atoms with Gasteiger partial charge in [0, 0.05) is 30.2 Å². The molecule has 14 heavy (non-hydrogen) atoms. The van der Waals surface area contributed by atoms with Crippen molar-refractivity contribution >= 4 is 5.69 Å². The third kappa shape index (κ3) is 3.34. The lowest BCUT2D eigenvalue weighted by Gasteiger charge is -2.18. The fourth-order valence-corrected chi connectivity index (χ4v) is 1.52. The van der Waals surface area contributed by atoms with Crippen LogP contribution in [-0.4, -0.2) is 17.1 Å². The van der Waals surface area contributed by atoms with Crippen LogP contribution < -0.4 is 11.1 Å². The van der Waals surface area contributed by atoms with Crippen LogP contribution >= 0.6 is 0 Å². The van der Waals surface area contributed by atoms with Gasteiger partial charge in [-0.1, -0.05) is 0 Å². The molecule has 0 aliphatic rings. The number of anilines is 1. The maximum atomic E-state index is 5.73. The third-order valence-electron chi connectivity index (χ3n) is 2.15. The standard InChI is InChI=1S/C11H19N3/c1-8-7-13-5-4-11(8)14-10(3)6-9(2)12/h4-5,7,9-10H,6,12H2,1-3H3,(H,13,14). The normalized spacial score (nSPS) is 14.9. The molecular formula is C11H19N3. The minimum Gasteiger partial charge on any atom is -0.382 e. The fraction of sp³-hybridized carbons (Fsp3) is 0.545. The van der Waals surface area contributed by atoms with Gasteiger partial charge in [-0.15, -0.1) is 0 Å². The fourth-order valence-electron chi connectivity index (χ4n) is 1.52. The average Bonchev–Trinajstić information content (AvgIpc) is 2.07. The second-order valence-electron chi connectivity index (χ2n) is 3.95. The van der Waals surface area contributed by atoms with Gasteiger partial charge in [0.05, 0.1) is 0 Å². The Morgan fingerprint density at radius 3 is 2.79 bits per heavy atom. The molecule has 78 valence electrons. The summed E-state index contributed by atoms with van der Waals surface area (Å²) >= 11 is 0. The summed E-state index contributed by atoms with van der Waals surface area (Å²) < 4.78 is 0. The van der Waals surface area contributed by atoms with Gasteiger partial charge >= 0.3 is 0 Å². The molecule has 0 bridgehead atoms. The van der Waals surface area contributed by atoms with Crippen LogP contribution in [0, 0.1) is 6.92 Å². The lowest BCUT2D eigenvalue weighted by atomic mass is 10.1. The lowest BCUT2D eigenvalue weighted by molar-refractivity contribution is 0.604. The van der Waals surface area contributed by atoms with E-state index < -0.39 is 0 Å². The van der Waals surface area contributed by atoms with E-state index in [0.717, 1.165) is 12.1 Å². The Bertz CT molecular complexity index is 284. The van der Waals surface area contributed by atoms with Crippen LogP contribution in [0.15, 0.2) is 18.5 Å². The van der Waals surface area contributed by atoms with E-state index in [0.29, 0.717) is 6.04 Å². The molecule has 1 heterocycles. The number of pyridine rings is 1. The first-order chi connectivity index (χ1) is 6.59. The van der Waals surface area contributed by atoms with Crippen molar-refractivity contribution in [3.8, 4) is 0 Å². The first kappa shape index (κ1) is 11.0. The number of aryl methyl sites for hydroxylation is 1. The summed E-state index contributed by atoms with van der Waals surface area (Å²) in [5.41, 5.74) is 8.05. The highest BCUT2D eigenvalue weighted by Gasteiger charge is 2.05. The second-order valence-corrected chi connectivity index (χ2v) is 3.95. The van der Waals surface area contributed by atoms with Crippen molar-refractivity contribution in [2.45, 2.75) is 39.3 Å². The Morgan fingerprint density at radius 1 is 1.50 bits per heavy atom. The summed E-state index contributed by atoms with van der Waals surface area (Å²) in [7, 11) is 0. The van der Waals surface area contributed by atoms with E-state index in [2.05, 4.69) is 17.2 Å². The molecule has 3 N–H and O–H groups in total.